The first kappa shape index (κ1) is 24.3. The number of alkyl halides is 3. The molecular formula is C20H15Cl5F2N2O2. The van der Waals surface area contributed by atoms with Gasteiger partial charge in [-0.05, 0) is 29.8 Å². The summed E-state index contributed by atoms with van der Waals surface area (Å²) in [4.78, 5) is 24.3. The first-order chi connectivity index (χ1) is 14.6. The first-order valence-corrected chi connectivity index (χ1v) is 10.8. The first-order valence-electron chi connectivity index (χ1n) is 8.96. The smallest absolute Gasteiger partial charge is 0.254 e. The molecule has 0 heterocycles. The number of aldehydes is 1. The largest absolute Gasteiger partial charge is 0.383 e. The molecule has 2 unspecified atom stereocenters. The summed E-state index contributed by atoms with van der Waals surface area (Å²) >= 11 is 31.1. The molecule has 0 bridgehead atoms. The lowest BCUT2D eigenvalue weighted by Gasteiger charge is -2.17. The number of anilines is 1. The molecule has 2 N–H and O–H groups in total. The van der Waals surface area contributed by atoms with Crippen LogP contribution in [0.25, 0.3) is 0 Å². The van der Waals surface area contributed by atoms with Crippen molar-refractivity contribution in [2.45, 2.75) is 10.3 Å². The minimum Gasteiger partial charge on any atom is -0.383 e. The second-order valence-electron chi connectivity index (χ2n) is 6.97. The normalized spacial score (nSPS) is 21.5. The second kappa shape index (κ2) is 9.28. The van der Waals surface area contributed by atoms with Crippen LogP contribution in [-0.4, -0.2) is 36.3 Å². The van der Waals surface area contributed by atoms with E-state index >= 15 is 0 Å². The number of carbonyl (C=O) groups is 2. The summed E-state index contributed by atoms with van der Waals surface area (Å²) in [5.74, 6) is -1.91. The van der Waals surface area contributed by atoms with Gasteiger partial charge in [0.15, 0.2) is 0 Å². The summed E-state index contributed by atoms with van der Waals surface area (Å²) in [5, 5.41) is 5.27. The quantitative estimate of drug-likeness (QED) is 0.323. The van der Waals surface area contributed by atoms with Crippen LogP contribution in [0, 0.1) is 11.2 Å². The lowest BCUT2D eigenvalue weighted by Crippen LogP contribution is -2.27. The summed E-state index contributed by atoms with van der Waals surface area (Å²) < 4.78 is 24.4. The monoisotopic (exact) mass is 528 g/mol. The molecule has 0 aliphatic heterocycles. The van der Waals surface area contributed by atoms with Gasteiger partial charge in [-0.15, -0.1) is 0 Å². The Hall–Kier alpha value is -1.31. The third-order valence-electron chi connectivity index (χ3n) is 5.17. The zero-order valence-electron chi connectivity index (χ0n) is 15.6. The average Bonchev–Trinajstić information content (AvgIpc) is 3.22. The van der Waals surface area contributed by atoms with E-state index in [2.05, 4.69) is 10.6 Å². The summed E-state index contributed by atoms with van der Waals surface area (Å²) in [6, 6.07) is 6.95. The van der Waals surface area contributed by atoms with Crippen LogP contribution in [0.2, 0.25) is 15.1 Å². The second-order valence-corrected chi connectivity index (χ2v) is 9.55. The highest BCUT2D eigenvalue weighted by Gasteiger charge is 2.76. The molecule has 31 heavy (non-hydrogen) atoms. The van der Waals surface area contributed by atoms with E-state index in [-0.39, 0.29) is 33.7 Å². The van der Waals surface area contributed by atoms with Crippen LogP contribution in [0.15, 0.2) is 30.3 Å². The van der Waals surface area contributed by atoms with Gasteiger partial charge in [0.2, 0.25) is 0 Å². The molecular weight excluding hydrogens is 515 g/mol. The van der Waals surface area contributed by atoms with Gasteiger partial charge in [0.05, 0.1) is 31.7 Å². The van der Waals surface area contributed by atoms with Crippen molar-refractivity contribution in [3.05, 3.63) is 62.3 Å². The molecule has 11 heteroatoms. The Morgan fingerprint density at radius 2 is 1.84 bits per heavy atom. The fourth-order valence-corrected chi connectivity index (χ4v) is 5.24. The summed E-state index contributed by atoms with van der Waals surface area (Å²) in [5.41, 5.74) is -0.511. The Balaban J connectivity index is 1.86. The van der Waals surface area contributed by atoms with Crippen molar-refractivity contribution in [2.75, 3.05) is 25.1 Å². The van der Waals surface area contributed by atoms with Crippen LogP contribution in [0.1, 0.15) is 21.8 Å². The Morgan fingerprint density at radius 1 is 1.13 bits per heavy atom. The third kappa shape index (κ3) is 4.33. The van der Waals surface area contributed by atoms with E-state index in [4.69, 9.17) is 58.0 Å². The fraction of sp³-hybridized carbons (Fsp3) is 0.300. The maximum Gasteiger partial charge on any atom is 0.254 e. The Kier molecular flexibility index (Phi) is 7.28. The number of hydrogen-bond acceptors (Lipinski definition) is 3. The molecule has 0 spiro atoms. The number of rotatable bonds is 8. The number of hydrogen-bond donors (Lipinski definition) is 2. The average molecular weight is 531 g/mol. The molecule has 0 aromatic heterocycles. The van der Waals surface area contributed by atoms with Gasteiger partial charge in [-0.25, -0.2) is 8.78 Å². The van der Waals surface area contributed by atoms with Gasteiger partial charge in [0, 0.05) is 19.0 Å². The van der Waals surface area contributed by atoms with Crippen molar-refractivity contribution in [2.24, 2.45) is 5.41 Å². The highest BCUT2D eigenvalue weighted by Crippen LogP contribution is 2.73. The van der Waals surface area contributed by atoms with Crippen molar-refractivity contribution < 1.29 is 18.4 Å². The van der Waals surface area contributed by atoms with Gasteiger partial charge < -0.3 is 15.4 Å². The van der Waals surface area contributed by atoms with Gasteiger partial charge in [-0.2, -0.15) is 0 Å². The van der Waals surface area contributed by atoms with Crippen molar-refractivity contribution in [1.29, 1.82) is 0 Å². The number of nitrogens with one attached hydrogen (secondary N) is 2. The van der Waals surface area contributed by atoms with E-state index in [0.717, 1.165) is 0 Å². The van der Waals surface area contributed by atoms with Crippen LogP contribution in [0.5, 0.6) is 0 Å². The molecule has 2 aromatic carbocycles. The lowest BCUT2D eigenvalue weighted by molar-refractivity contribution is -0.112. The van der Waals surface area contributed by atoms with Crippen LogP contribution in [-0.2, 0) is 4.79 Å². The van der Waals surface area contributed by atoms with Crippen LogP contribution in [0.4, 0.5) is 14.5 Å². The van der Waals surface area contributed by atoms with Crippen LogP contribution >= 0.6 is 58.0 Å². The molecule has 166 valence electrons. The molecule has 2 aromatic rings. The van der Waals surface area contributed by atoms with E-state index in [1.807, 2.05) is 0 Å². The van der Waals surface area contributed by atoms with E-state index in [1.165, 1.54) is 30.3 Å². The Bertz CT molecular complexity index is 1040. The molecule has 3 rings (SSSR count). The number of halogens is 7. The summed E-state index contributed by atoms with van der Waals surface area (Å²) in [7, 11) is 0. The minimum absolute atomic E-state index is 0.0123. The molecule has 0 radical (unpaired) electrons. The fourth-order valence-electron chi connectivity index (χ4n) is 3.47. The molecule has 1 aliphatic rings. The minimum atomic E-state index is -1.48. The maximum absolute atomic E-state index is 13.5. The Morgan fingerprint density at radius 3 is 2.45 bits per heavy atom. The molecule has 1 amide bonds. The third-order valence-corrected chi connectivity index (χ3v) is 7.31. The van der Waals surface area contributed by atoms with E-state index in [9.17, 15) is 18.4 Å². The molecule has 2 atom stereocenters. The van der Waals surface area contributed by atoms with Gasteiger partial charge in [0.25, 0.3) is 5.91 Å². The van der Waals surface area contributed by atoms with Gasteiger partial charge in [-0.3, -0.25) is 4.79 Å². The molecule has 1 fully saturated rings. The summed E-state index contributed by atoms with van der Waals surface area (Å²) in [6.07, 6.45) is 0.626. The van der Waals surface area contributed by atoms with E-state index in [0.29, 0.717) is 17.5 Å². The highest BCUT2D eigenvalue weighted by atomic mass is 35.5. The SMILES string of the molecule is O=CC1(CNc2ccc(Cl)c(C(=O)NCCF)c2Cl)C(c2ccc(F)c(Cl)c2)C1(Cl)Cl. The number of benzene rings is 2. The summed E-state index contributed by atoms with van der Waals surface area (Å²) in [6.45, 7) is -0.987. The number of amides is 1. The molecule has 4 nitrogen and oxygen atoms in total. The molecule has 0 saturated heterocycles. The van der Waals surface area contributed by atoms with Crippen molar-refractivity contribution in [3.8, 4) is 0 Å². The molecule has 1 saturated carbocycles. The standard InChI is InChI=1S/C20H15Cl5F2N2O2/c21-11-2-4-14(16(23)15(11)18(31)28-6-5-26)29-8-19(9-30)17(20(19,24)25)10-1-3-13(27)12(22)7-10/h1-4,7,9,17,29H,5-6,8H2,(H,28,31). The predicted octanol–water partition coefficient (Wildman–Crippen LogP) is 6.05. The zero-order valence-corrected chi connectivity index (χ0v) is 19.4. The lowest BCUT2D eigenvalue weighted by atomic mass is 10.00. The van der Waals surface area contributed by atoms with E-state index < -0.39 is 34.1 Å². The van der Waals surface area contributed by atoms with E-state index in [1.54, 1.807) is 0 Å². The maximum atomic E-state index is 13.5. The van der Waals surface area contributed by atoms with Gasteiger partial charge in [0.1, 0.15) is 23.1 Å². The van der Waals surface area contributed by atoms with Crippen molar-refractivity contribution >= 4 is 75.9 Å². The van der Waals surface area contributed by atoms with Crippen molar-refractivity contribution in [1.82, 2.24) is 5.32 Å². The Labute approximate surface area is 202 Å². The van der Waals surface area contributed by atoms with Crippen LogP contribution in [0.3, 0.4) is 0 Å². The van der Waals surface area contributed by atoms with Gasteiger partial charge >= 0.3 is 0 Å². The number of carbonyl (C=O) groups excluding carboxylic acids is 2. The molecule has 1 aliphatic carbocycles. The highest BCUT2D eigenvalue weighted by molar-refractivity contribution is 6.54. The van der Waals surface area contributed by atoms with Gasteiger partial charge in [-0.1, -0.05) is 64.1 Å². The zero-order chi connectivity index (χ0) is 23.0. The van der Waals surface area contributed by atoms with Crippen LogP contribution < -0.4 is 10.6 Å². The predicted molar refractivity (Wildman–Crippen MR) is 120 cm³/mol. The topological polar surface area (TPSA) is 58.2 Å². The van der Waals surface area contributed by atoms with Crippen molar-refractivity contribution in [3.63, 3.8) is 0 Å².